The quantitative estimate of drug-likeness (QED) is 0.517. The molecule has 2 rings (SSSR count). The maximum Gasteiger partial charge on any atom is 0.410 e. The van der Waals surface area contributed by atoms with Crippen LogP contribution < -0.4 is 4.72 Å². The second-order valence-corrected chi connectivity index (χ2v) is 12.6. The Morgan fingerprint density at radius 1 is 1.12 bits per heavy atom. The fourth-order valence-electron chi connectivity index (χ4n) is 3.69. The summed E-state index contributed by atoms with van der Waals surface area (Å²) in [4.78, 5) is 14.2. The minimum absolute atomic E-state index is 0.135. The molecule has 1 aromatic carbocycles. The topological polar surface area (TPSA) is 67.9 Å². The first-order chi connectivity index (χ1) is 15.0. The molecule has 1 aliphatic heterocycles. The molecule has 1 aromatic rings. The SMILES string of the molecule is CC(C)(C)OC(=O)N1CCC([C@@H](CCCOCc2ccccc2)NS(=O)C(C)(C)C)CC1. The Hall–Kier alpha value is -1.44. The number of likely N-dealkylation sites (tertiary alicyclic amines) is 1. The van der Waals surface area contributed by atoms with E-state index in [1.807, 2.05) is 59.7 Å². The van der Waals surface area contributed by atoms with E-state index in [-0.39, 0.29) is 16.9 Å². The van der Waals surface area contributed by atoms with Gasteiger partial charge >= 0.3 is 6.09 Å². The van der Waals surface area contributed by atoms with Crippen molar-refractivity contribution in [3.8, 4) is 0 Å². The number of hydrogen-bond donors (Lipinski definition) is 1. The maximum atomic E-state index is 12.8. The third-order valence-electron chi connectivity index (χ3n) is 5.49. The normalized spacial score (nSPS) is 17.8. The van der Waals surface area contributed by atoms with Crippen molar-refractivity contribution in [3.05, 3.63) is 35.9 Å². The summed E-state index contributed by atoms with van der Waals surface area (Å²) in [5, 5.41) is 0. The number of piperidine rings is 1. The zero-order chi connectivity index (χ0) is 23.8. The van der Waals surface area contributed by atoms with Crippen LogP contribution in [0.25, 0.3) is 0 Å². The monoisotopic (exact) mass is 466 g/mol. The van der Waals surface area contributed by atoms with Crippen molar-refractivity contribution >= 4 is 17.1 Å². The lowest BCUT2D eigenvalue weighted by Crippen LogP contribution is -2.48. The van der Waals surface area contributed by atoms with E-state index in [1.165, 1.54) is 5.56 Å². The number of carbonyl (C=O) groups is 1. The van der Waals surface area contributed by atoms with Gasteiger partial charge in [0.15, 0.2) is 0 Å². The first-order valence-electron chi connectivity index (χ1n) is 11.7. The van der Waals surface area contributed by atoms with E-state index >= 15 is 0 Å². The van der Waals surface area contributed by atoms with Crippen molar-refractivity contribution in [3.63, 3.8) is 0 Å². The average Bonchev–Trinajstić information content (AvgIpc) is 2.71. The molecule has 1 unspecified atom stereocenters. The maximum absolute atomic E-state index is 12.8. The van der Waals surface area contributed by atoms with Crippen LogP contribution in [0.3, 0.4) is 0 Å². The first-order valence-corrected chi connectivity index (χ1v) is 12.9. The van der Waals surface area contributed by atoms with Gasteiger partial charge in [0.1, 0.15) is 5.60 Å². The highest BCUT2D eigenvalue weighted by atomic mass is 32.2. The Kier molecular flexibility index (Phi) is 10.2. The van der Waals surface area contributed by atoms with Crippen molar-refractivity contribution < 1.29 is 18.5 Å². The summed E-state index contributed by atoms with van der Waals surface area (Å²) in [5.41, 5.74) is 0.687. The van der Waals surface area contributed by atoms with Crippen LogP contribution in [-0.4, -0.2) is 51.3 Å². The molecule has 0 radical (unpaired) electrons. The number of rotatable bonds is 9. The van der Waals surface area contributed by atoms with Crippen LogP contribution in [0.15, 0.2) is 30.3 Å². The molecule has 1 aliphatic rings. The minimum atomic E-state index is -1.13. The summed E-state index contributed by atoms with van der Waals surface area (Å²) < 4.78 is 27.3. The van der Waals surface area contributed by atoms with E-state index < -0.39 is 16.6 Å². The van der Waals surface area contributed by atoms with Gasteiger partial charge in [0, 0.05) is 25.7 Å². The number of nitrogens with one attached hydrogen (secondary N) is 1. The molecule has 1 saturated heterocycles. The summed E-state index contributed by atoms with van der Waals surface area (Å²) in [5.74, 6) is 0.370. The molecule has 182 valence electrons. The van der Waals surface area contributed by atoms with Crippen molar-refractivity contribution in [1.29, 1.82) is 0 Å². The number of ether oxygens (including phenoxy) is 2. The lowest BCUT2D eigenvalue weighted by atomic mass is 9.87. The molecule has 1 amide bonds. The molecular weight excluding hydrogens is 424 g/mol. The van der Waals surface area contributed by atoms with Gasteiger partial charge in [-0.2, -0.15) is 0 Å². The molecule has 1 heterocycles. The van der Waals surface area contributed by atoms with Gasteiger partial charge in [-0.05, 0) is 78.7 Å². The van der Waals surface area contributed by atoms with E-state index in [2.05, 4.69) is 16.9 Å². The molecule has 0 spiro atoms. The van der Waals surface area contributed by atoms with Crippen LogP contribution in [0.1, 0.15) is 72.8 Å². The molecule has 1 fully saturated rings. The van der Waals surface area contributed by atoms with Gasteiger partial charge in [0.2, 0.25) is 0 Å². The van der Waals surface area contributed by atoms with Crippen molar-refractivity contribution in [2.45, 2.75) is 90.2 Å². The number of nitrogens with zero attached hydrogens (tertiary/aromatic N) is 1. The first kappa shape index (κ1) is 26.8. The highest BCUT2D eigenvalue weighted by molar-refractivity contribution is 7.84. The summed E-state index contributed by atoms with van der Waals surface area (Å²) in [6, 6.07) is 10.3. The largest absolute Gasteiger partial charge is 0.444 e. The van der Waals surface area contributed by atoms with Crippen LogP contribution in [0.5, 0.6) is 0 Å². The third-order valence-corrected chi connectivity index (χ3v) is 7.12. The van der Waals surface area contributed by atoms with E-state index in [0.717, 1.165) is 25.7 Å². The third kappa shape index (κ3) is 9.59. The van der Waals surface area contributed by atoms with E-state index in [4.69, 9.17) is 9.47 Å². The van der Waals surface area contributed by atoms with Gasteiger partial charge < -0.3 is 14.4 Å². The predicted molar refractivity (Wildman–Crippen MR) is 131 cm³/mol. The smallest absolute Gasteiger partial charge is 0.410 e. The van der Waals surface area contributed by atoms with E-state index in [9.17, 15) is 9.00 Å². The van der Waals surface area contributed by atoms with E-state index in [0.29, 0.717) is 32.2 Å². The highest BCUT2D eigenvalue weighted by Gasteiger charge is 2.32. The van der Waals surface area contributed by atoms with Gasteiger partial charge in [0.25, 0.3) is 0 Å². The summed E-state index contributed by atoms with van der Waals surface area (Å²) in [6.45, 7) is 14.3. The van der Waals surface area contributed by atoms with Crippen LogP contribution in [0, 0.1) is 5.92 Å². The Bertz CT molecular complexity index is 720. The number of amides is 1. The van der Waals surface area contributed by atoms with Crippen LogP contribution in [0.4, 0.5) is 4.79 Å². The van der Waals surface area contributed by atoms with Gasteiger partial charge in [-0.1, -0.05) is 30.3 Å². The van der Waals surface area contributed by atoms with Crippen LogP contribution in [0.2, 0.25) is 0 Å². The molecule has 0 bridgehead atoms. The van der Waals surface area contributed by atoms with Gasteiger partial charge in [-0.3, -0.25) is 0 Å². The second kappa shape index (κ2) is 12.1. The fourth-order valence-corrected chi connectivity index (χ4v) is 4.62. The number of benzene rings is 1. The summed E-state index contributed by atoms with van der Waals surface area (Å²) >= 11 is 0. The molecule has 1 N–H and O–H groups in total. The fraction of sp³-hybridized carbons (Fsp3) is 0.720. The lowest BCUT2D eigenvalue weighted by Gasteiger charge is -2.37. The van der Waals surface area contributed by atoms with Gasteiger partial charge in [0.05, 0.1) is 22.3 Å². The second-order valence-electron chi connectivity index (χ2n) is 10.6. The number of hydrogen-bond acceptors (Lipinski definition) is 4. The van der Waals surface area contributed by atoms with Crippen molar-refractivity contribution in [1.82, 2.24) is 9.62 Å². The standard InChI is InChI=1S/C25H42N2O4S/c1-24(2,3)31-23(28)27-16-14-21(15-17-27)22(26-32(29)25(4,5)6)13-10-18-30-19-20-11-8-7-9-12-20/h7-9,11-12,21-22,26H,10,13-19H2,1-6H3/t22-,32?/m1/s1. The van der Waals surface area contributed by atoms with Crippen LogP contribution >= 0.6 is 0 Å². The zero-order valence-electron chi connectivity index (χ0n) is 20.7. The van der Waals surface area contributed by atoms with Gasteiger partial charge in [-0.15, -0.1) is 0 Å². The predicted octanol–water partition coefficient (Wildman–Crippen LogP) is 5.05. The Balaban J connectivity index is 1.86. The summed E-state index contributed by atoms with van der Waals surface area (Å²) in [7, 11) is -1.13. The zero-order valence-corrected chi connectivity index (χ0v) is 21.5. The van der Waals surface area contributed by atoms with Crippen molar-refractivity contribution in [2.24, 2.45) is 5.92 Å². The molecule has 7 heteroatoms. The molecule has 32 heavy (non-hydrogen) atoms. The van der Waals surface area contributed by atoms with Gasteiger partial charge in [-0.25, -0.2) is 13.7 Å². The summed E-state index contributed by atoms with van der Waals surface area (Å²) in [6.07, 6.45) is 3.31. The highest BCUT2D eigenvalue weighted by Crippen LogP contribution is 2.26. The Labute approximate surface area is 197 Å². The van der Waals surface area contributed by atoms with E-state index in [1.54, 1.807) is 4.90 Å². The average molecular weight is 467 g/mol. The lowest BCUT2D eigenvalue weighted by molar-refractivity contribution is 0.0169. The molecule has 0 aliphatic carbocycles. The Morgan fingerprint density at radius 2 is 1.75 bits per heavy atom. The molecule has 2 atom stereocenters. The molecular formula is C25H42N2O4S. The number of carbonyl (C=O) groups excluding carboxylic acids is 1. The molecule has 0 saturated carbocycles. The minimum Gasteiger partial charge on any atom is -0.444 e. The van der Waals surface area contributed by atoms with Crippen molar-refractivity contribution in [2.75, 3.05) is 19.7 Å². The molecule has 6 nitrogen and oxygen atoms in total. The van der Waals surface area contributed by atoms with Crippen LogP contribution in [-0.2, 0) is 27.1 Å². The Morgan fingerprint density at radius 3 is 2.31 bits per heavy atom. The molecule has 0 aromatic heterocycles.